The highest BCUT2D eigenvalue weighted by Gasteiger charge is 2.39. The van der Waals surface area contributed by atoms with Crippen molar-refractivity contribution >= 4 is 16.6 Å². The van der Waals surface area contributed by atoms with E-state index in [9.17, 15) is 14.3 Å². The van der Waals surface area contributed by atoms with Crippen molar-refractivity contribution in [1.29, 1.82) is 0 Å². The molecule has 1 aliphatic rings. The summed E-state index contributed by atoms with van der Waals surface area (Å²) in [6.45, 7) is 3.72. The van der Waals surface area contributed by atoms with E-state index in [1.54, 1.807) is 10.5 Å². The first-order valence-electron chi connectivity index (χ1n) is 9.67. The quantitative estimate of drug-likeness (QED) is 0.570. The summed E-state index contributed by atoms with van der Waals surface area (Å²) in [4.78, 5) is 22.0. The van der Waals surface area contributed by atoms with Crippen LogP contribution >= 0.6 is 0 Å². The maximum atomic E-state index is 13.9. The second-order valence-electron chi connectivity index (χ2n) is 7.88. The first-order valence-corrected chi connectivity index (χ1v) is 9.67. The van der Waals surface area contributed by atoms with Crippen LogP contribution < -0.4 is 5.56 Å². The lowest BCUT2D eigenvalue weighted by atomic mass is 10.0. The zero-order valence-electron chi connectivity index (χ0n) is 16.1. The van der Waals surface area contributed by atoms with Crippen molar-refractivity contribution < 1.29 is 14.0 Å². The summed E-state index contributed by atoms with van der Waals surface area (Å²) in [7, 11) is 0. The fourth-order valence-corrected chi connectivity index (χ4v) is 4.21. The molecule has 29 heavy (non-hydrogen) atoms. The number of imidazole rings is 1. The van der Waals surface area contributed by atoms with E-state index in [1.807, 2.05) is 13.8 Å². The number of rotatable bonds is 3. The number of hydrogen-bond acceptors (Lipinski definition) is 6. The molecule has 8 nitrogen and oxygen atoms in total. The number of fused-ring (bicyclic) bond motifs is 3. The largest absolute Gasteiger partial charge is 0.380 e. The monoisotopic (exact) mass is 397 g/mol. The van der Waals surface area contributed by atoms with Gasteiger partial charge in [-0.15, -0.1) is 0 Å². The van der Waals surface area contributed by atoms with Crippen molar-refractivity contribution in [2.24, 2.45) is 0 Å². The van der Waals surface area contributed by atoms with Gasteiger partial charge < -0.3 is 14.2 Å². The molecule has 3 aromatic heterocycles. The Balaban J connectivity index is 1.77. The van der Waals surface area contributed by atoms with E-state index in [-0.39, 0.29) is 34.5 Å². The van der Waals surface area contributed by atoms with E-state index in [1.165, 1.54) is 23.0 Å². The molecular weight excluding hydrogens is 377 g/mol. The van der Waals surface area contributed by atoms with E-state index in [2.05, 4.69) is 15.1 Å². The van der Waals surface area contributed by atoms with Crippen molar-refractivity contribution in [3.63, 3.8) is 0 Å². The van der Waals surface area contributed by atoms with Gasteiger partial charge in [0, 0.05) is 6.04 Å². The Kier molecular flexibility index (Phi) is 3.86. The Labute approximate surface area is 164 Å². The van der Waals surface area contributed by atoms with Gasteiger partial charge in [-0.25, -0.2) is 9.37 Å². The van der Waals surface area contributed by atoms with E-state index < -0.39 is 11.4 Å². The highest BCUT2D eigenvalue weighted by molar-refractivity contribution is 5.83. The van der Waals surface area contributed by atoms with Crippen LogP contribution in [0.1, 0.15) is 51.5 Å². The van der Waals surface area contributed by atoms with E-state index in [0.717, 1.165) is 12.8 Å². The second-order valence-corrected chi connectivity index (χ2v) is 7.88. The topological polar surface area (TPSA) is 98.5 Å². The third-order valence-electron chi connectivity index (χ3n) is 5.63. The van der Waals surface area contributed by atoms with Crippen LogP contribution in [0.25, 0.3) is 28.1 Å². The summed E-state index contributed by atoms with van der Waals surface area (Å²) in [6.07, 6.45) is 4.41. The van der Waals surface area contributed by atoms with Gasteiger partial charge in [-0.1, -0.05) is 5.16 Å². The molecule has 1 aliphatic carbocycles. The predicted octanol–water partition coefficient (Wildman–Crippen LogP) is 3.18. The maximum Gasteiger partial charge on any atom is 0.278 e. The van der Waals surface area contributed by atoms with Crippen LogP contribution in [0.4, 0.5) is 4.39 Å². The van der Waals surface area contributed by atoms with Crippen LogP contribution in [0.5, 0.6) is 0 Å². The molecule has 4 aromatic rings. The van der Waals surface area contributed by atoms with Gasteiger partial charge in [-0.3, -0.25) is 9.20 Å². The third-order valence-corrected chi connectivity index (χ3v) is 5.63. The number of halogens is 1. The minimum absolute atomic E-state index is 0.150. The average molecular weight is 397 g/mol. The fraction of sp³-hybridized carbons (Fsp3) is 0.400. The number of aliphatic hydroxyl groups is 1. The first-order chi connectivity index (χ1) is 13.9. The molecule has 0 bridgehead atoms. The van der Waals surface area contributed by atoms with E-state index >= 15 is 0 Å². The Hall–Kier alpha value is -3.07. The molecule has 1 fully saturated rings. The molecule has 9 heteroatoms. The zero-order chi connectivity index (χ0) is 20.3. The average Bonchev–Trinajstić information content (AvgIpc) is 3.40. The van der Waals surface area contributed by atoms with Crippen molar-refractivity contribution in [3.05, 3.63) is 46.6 Å². The highest BCUT2D eigenvalue weighted by Crippen LogP contribution is 2.38. The lowest BCUT2D eigenvalue weighted by Crippen LogP contribution is -2.25. The smallest absolute Gasteiger partial charge is 0.278 e. The molecule has 0 spiro atoms. The van der Waals surface area contributed by atoms with Crippen LogP contribution in [0.15, 0.2) is 33.8 Å². The summed E-state index contributed by atoms with van der Waals surface area (Å²) in [5.41, 5.74) is 0.234. The van der Waals surface area contributed by atoms with Gasteiger partial charge in [0.25, 0.3) is 11.4 Å². The number of nitrogens with zero attached hydrogens (tertiary/aromatic N) is 5. The number of hydrogen-bond donors (Lipinski definition) is 1. The Bertz CT molecular complexity index is 1300. The van der Waals surface area contributed by atoms with Gasteiger partial charge in [-0.2, -0.15) is 4.98 Å². The van der Waals surface area contributed by atoms with Gasteiger partial charge in [0.1, 0.15) is 29.0 Å². The molecule has 3 heterocycles. The van der Waals surface area contributed by atoms with Crippen LogP contribution in [0, 0.1) is 5.82 Å². The maximum absolute atomic E-state index is 13.9. The first kappa shape index (κ1) is 18.0. The van der Waals surface area contributed by atoms with E-state index in [0.29, 0.717) is 23.9 Å². The molecule has 1 aromatic carbocycles. The summed E-state index contributed by atoms with van der Waals surface area (Å²) in [5, 5.41) is 14.7. The predicted molar refractivity (Wildman–Crippen MR) is 103 cm³/mol. The molecule has 5 rings (SSSR count). The summed E-state index contributed by atoms with van der Waals surface area (Å²) >= 11 is 0. The van der Waals surface area contributed by atoms with Crippen molar-refractivity contribution in [2.45, 2.75) is 51.2 Å². The minimum Gasteiger partial charge on any atom is -0.380 e. The van der Waals surface area contributed by atoms with Crippen molar-refractivity contribution in [1.82, 2.24) is 24.1 Å². The Morgan fingerprint density at radius 1 is 1.24 bits per heavy atom. The summed E-state index contributed by atoms with van der Waals surface area (Å²) in [6, 6.07) is 4.11. The van der Waals surface area contributed by atoms with Gasteiger partial charge in [0.2, 0.25) is 5.82 Å². The number of benzene rings is 1. The Morgan fingerprint density at radius 3 is 2.72 bits per heavy atom. The van der Waals surface area contributed by atoms with Gasteiger partial charge in [0.15, 0.2) is 0 Å². The molecule has 0 atom stereocenters. The SMILES string of the molecule is CC(C)n1c(=O)c2c(-c3noc(C4(O)CCCC4)n3)ncn2c2ccc(F)cc21. The van der Waals surface area contributed by atoms with Crippen LogP contribution in [-0.4, -0.2) is 29.2 Å². The van der Waals surface area contributed by atoms with Crippen LogP contribution in [-0.2, 0) is 5.60 Å². The molecule has 150 valence electrons. The van der Waals surface area contributed by atoms with Crippen LogP contribution in [0.3, 0.4) is 0 Å². The highest BCUT2D eigenvalue weighted by atomic mass is 19.1. The van der Waals surface area contributed by atoms with Crippen LogP contribution in [0.2, 0.25) is 0 Å². The molecule has 0 aliphatic heterocycles. The van der Waals surface area contributed by atoms with Crippen molar-refractivity contribution in [2.75, 3.05) is 0 Å². The zero-order valence-corrected chi connectivity index (χ0v) is 16.1. The van der Waals surface area contributed by atoms with Crippen molar-refractivity contribution in [3.8, 4) is 11.5 Å². The van der Waals surface area contributed by atoms with Gasteiger partial charge >= 0.3 is 0 Å². The van der Waals surface area contributed by atoms with Gasteiger partial charge in [0.05, 0.1) is 11.0 Å². The third kappa shape index (κ3) is 2.61. The summed E-state index contributed by atoms with van der Waals surface area (Å²) in [5.74, 6) is -0.117. The lowest BCUT2D eigenvalue weighted by molar-refractivity contribution is 0.0112. The summed E-state index contributed by atoms with van der Waals surface area (Å²) < 4.78 is 22.3. The number of aromatic nitrogens is 5. The molecule has 0 amide bonds. The minimum atomic E-state index is -1.12. The Morgan fingerprint density at radius 2 is 2.00 bits per heavy atom. The molecule has 0 radical (unpaired) electrons. The standard InChI is InChI=1S/C20H20FN5O3/c1-11(2)26-14-9-12(21)5-6-13(14)25-10-22-15(16(25)18(26)27)17-23-19(29-24-17)20(28)7-3-4-8-20/h5-6,9-11,28H,3-4,7-8H2,1-2H3. The second kappa shape index (κ2) is 6.21. The molecule has 1 saturated carbocycles. The fourth-order valence-electron chi connectivity index (χ4n) is 4.21. The normalized spacial score (nSPS) is 16.4. The molecule has 0 saturated heterocycles. The molecular formula is C20H20FN5O3. The molecule has 1 N–H and O–H groups in total. The van der Waals surface area contributed by atoms with Gasteiger partial charge in [-0.05, 0) is 57.7 Å². The lowest BCUT2D eigenvalue weighted by Gasteiger charge is -2.16. The van der Waals surface area contributed by atoms with E-state index in [4.69, 9.17) is 4.52 Å². The molecule has 0 unspecified atom stereocenters.